The molecule has 1 aromatic heterocycles. The molecule has 0 fully saturated rings. The minimum atomic E-state index is -0.144. The molecule has 0 radical (unpaired) electrons. The number of halogens is 1. The lowest BCUT2D eigenvalue weighted by Crippen LogP contribution is -2.11. The Kier molecular flexibility index (Phi) is 3.31. The number of nitrogens with zero attached hydrogens (tertiary/aromatic N) is 1. The van der Waals surface area contributed by atoms with E-state index in [0.717, 1.165) is 4.47 Å². The topological polar surface area (TPSA) is 42.0 Å². The van der Waals surface area contributed by atoms with Crippen LogP contribution in [-0.4, -0.2) is 10.9 Å². The number of aromatic nitrogens is 1. The van der Waals surface area contributed by atoms with Gasteiger partial charge in [-0.2, -0.15) is 0 Å². The Morgan fingerprint density at radius 3 is 2.81 bits per heavy atom. The molecule has 1 aromatic carbocycles. The molecule has 1 amide bonds. The van der Waals surface area contributed by atoms with Gasteiger partial charge in [-0.15, -0.1) is 0 Å². The van der Waals surface area contributed by atoms with Crippen molar-refractivity contribution in [2.75, 3.05) is 5.32 Å². The quantitative estimate of drug-likeness (QED) is 0.916. The molecule has 0 aliphatic heterocycles. The van der Waals surface area contributed by atoms with Crippen LogP contribution in [0.3, 0.4) is 0 Å². The van der Waals surface area contributed by atoms with Gasteiger partial charge in [0.1, 0.15) is 0 Å². The second kappa shape index (κ2) is 4.90. The second-order valence-electron chi connectivity index (χ2n) is 3.21. The minimum absolute atomic E-state index is 0.144. The van der Waals surface area contributed by atoms with Crippen LogP contribution < -0.4 is 5.32 Å². The van der Waals surface area contributed by atoms with Crippen molar-refractivity contribution in [2.45, 2.75) is 0 Å². The van der Waals surface area contributed by atoms with Crippen molar-refractivity contribution >= 4 is 27.5 Å². The van der Waals surface area contributed by atoms with Crippen LogP contribution >= 0.6 is 15.9 Å². The summed E-state index contributed by atoms with van der Waals surface area (Å²) < 4.78 is 0.881. The van der Waals surface area contributed by atoms with E-state index < -0.39 is 0 Å². The third-order valence-corrected chi connectivity index (χ3v) is 2.50. The number of anilines is 1. The summed E-state index contributed by atoms with van der Waals surface area (Å²) in [5, 5.41) is 2.76. The Labute approximate surface area is 102 Å². The zero-order valence-corrected chi connectivity index (χ0v) is 9.94. The molecular formula is C12H9BrN2O. The molecule has 0 aliphatic carbocycles. The molecule has 0 unspecified atom stereocenters. The van der Waals surface area contributed by atoms with E-state index in [9.17, 15) is 4.79 Å². The molecule has 0 atom stereocenters. The van der Waals surface area contributed by atoms with E-state index in [-0.39, 0.29) is 5.91 Å². The predicted molar refractivity (Wildman–Crippen MR) is 66.3 cm³/mol. The molecule has 0 saturated carbocycles. The third-order valence-electron chi connectivity index (χ3n) is 2.01. The van der Waals surface area contributed by atoms with Crippen LogP contribution in [0.15, 0.2) is 53.3 Å². The van der Waals surface area contributed by atoms with Gasteiger partial charge in [0.15, 0.2) is 0 Å². The van der Waals surface area contributed by atoms with Gasteiger partial charge in [-0.25, -0.2) is 0 Å². The summed E-state index contributed by atoms with van der Waals surface area (Å²) in [6.07, 6.45) is 3.27. The SMILES string of the molecule is O=C(Nc1cccnc1)c1cccc(Br)c1. The van der Waals surface area contributed by atoms with Crippen LogP contribution in [0.2, 0.25) is 0 Å². The van der Waals surface area contributed by atoms with Gasteiger partial charge in [0, 0.05) is 16.2 Å². The highest BCUT2D eigenvalue weighted by Gasteiger charge is 2.05. The van der Waals surface area contributed by atoms with Crippen molar-refractivity contribution in [3.05, 3.63) is 58.8 Å². The first-order valence-corrected chi connectivity index (χ1v) is 5.52. The van der Waals surface area contributed by atoms with Crippen LogP contribution in [0.5, 0.6) is 0 Å². The van der Waals surface area contributed by atoms with E-state index in [1.165, 1.54) is 0 Å². The molecule has 3 nitrogen and oxygen atoms in total. The van der Waals surface area contributed by atoms with Gasteiger partial charge >= 0.3 is 0 Å². The maximum Gasteiger partial charge on any atom is 0.255 e. The lowest BCUT2D eigenvalue weighted by molar-refractivity contribution is 0.102. The number of rotatable bonds is 2. The van der Waals surface area contributed by atoms with Gasteiger partial charge in [-0.3, -0.25) is 9.78 Å². The molecule has 16 heavy (non-hydrogen) atoms. The summed E-state index contributed by atoms with van der Waals surface area (Å²) in [6, 6.07) is 10.8. The maximum absolute atomic E-state index is 11.8. The van der Waals surface area contributed by atoms with Crippen LogP contribution in [0, 0.1) is 0 Å². The van der Waals surface area contributed by atoms with Crippen LogP contribution in [0.25, 0.3) is 0 Å². The minimum Gasteiger partial charge on any atom is -0.321 e. The largest absolute Gasteiger partial charge is 0.321 e. The highest BCUT2D eigenvalue weighted by atomic mass is 79.9. The first-order valence-electron chi connectivity index (χ1n) is 4.72. The van der Waals surface area contributed by atoms with E-state index in [1.807, 2.05) is 12.1 Å². The summed E-state index contributed by atoms with van der Waals surface area (Å²) in [4.78, 5) is 15.7. The van der Waals surface area contributed by atoms with Crippen LogP contribution in [-0.2, 0) is 0 Å². The number of amides is 1. The Hall–Kier alpha value is -1.68. The van der Waals surface area contributed by atoms with Crippen molar-refractivity contribution in [3.63, 3.8) is 0 Å². The first-order chi connectivity index (χ1) is 7.75. The number of carbonyl (C=O) groups excluding carboxylic acids is 1. The molecule has 2 rings (SSSR count). The average molecular weight is 277 g/mol. The van der Waals surface area contributed by atoms with Gasteiger partial charge in [0.2, 0.25) is 0 Å². The van der Waals surface area contributed by atoms with Gasteiger partial charge in [-0.1, -0.05) is 22.0 Å². The van der Waals surface area contributed by atoms with Crippen LogP contribution in [0.1, 0.15) is 10.4 Å². The Morgan fingerprint density at radius 2 is 2.12 bits per heavy atom. The van der Waals surface area contributed by atoms with E-state index in [1.54, 1.807) is 36.7 Å². The standard InChI is InChI=1S/C12H9BrN2O/c13-10-4-1-3-9(7-10)12(16)15-11-5-2-6-14-8-11/h1-8H,(H,15,16). The predicted octanol–water partition coefficient (Wildman–Crippen LogP) is 3.10. The lowest BCUT2D eigenvalue weighted by Gasteiger charge is -2.04. The van der Waals surface area contributed by atoms with E-state index in [4.69, 9.17) is 0 Å². The monoisotopic (exact) mass is 276 g/mol. The summed E-state index contributed by atoms with van der Waals surface area (Å²) in [7, 11) is 0. The smallest absolute Gasteiger partial charge is 0.255 e. The lowest BCUT2D eigenvalue weighted by atomic mass is 10.2. The molecule has 0 saturated heterocycles. The van der Waals surface area contributed by atoms with Gasteiger partial charge in [-0.05, 0) is 30.3 Å². The van der Waals surface area contributed by atoms with Crippen molar-refractivity contribution < 1.29 is 4.79 Å². The van der Waals surface area contributed by atoms with Crippen LogP contribution in [0.4, 0.5) is 5.69 Å². The summed E-state index contributed by atoms with van der Waals surface area (Å²) >= 11 is 3.32. The summed E-state index contributed by atoms with van der Waals surface area (Å²) in [5.41, 5.74) is 1.30. The molecule has 4 heteroatoms. The van der Waals surface area contributed by atoms with Crippen molar-refractivity contribution in [1.29, 1.82) is 0 Å². The highest BCUT2D eigenvalue weighted by Crippen LogP contribution is 2.13. The summed E-state index contributed by atoms with van der Waals surface area (Å²) in [5.74, 6) is -0.144. The molecule has 2 aromatic rings. The molecule has 1 heterocycles. The van der Waals surface area contributed by atoms with E-state index in [0.29, 0.717) is 11.3 Å². The Morgan fingerprint density at radius 1 is 1.25 bits per heavy atom. The number of hydrogen-bond acceptors (Lipinski definition) is 2. The number of hydrogen-bond donors (Lipinski definition) is 1. The fraction of sp³-hybridized carbons (Fsp3) is 0. The van der Waals surface area contributed by atoms with Crippen molar-refractivity contribution in [3.8, 4) is 0 Å². The molecule has 0 aliphatic rings. The van der Waals surface area contributed by atoms with Gasteiger partial charge in [0.25, 0.3) is 5.91 Å². The number of benzene rings is 1. The van der Waals surface area contributed by atoms with Gasteiger partial charge < -0.3 is 5.32 Å². The van der Waals surface area contributed by atoms with Crippen molar-refractivity contribution in [2.24, 2.45) is 0 Å². The first kappa shape index (κ1) is 10.8. The molecule has 0 spiro atoms. The molecular weight excluding hydrogens is 268 g/mol. The third kappa shape index (κ3) is 2.67. The Bertz CT molecular complexity index is 499. The van der Waals surface area contributed by atoms with Gasteiger partial charge in [0.05, 0.1) is 11.9 Å². The van der Waals surface area contributed by atoms with E-state index >= 15 is 0 Å². The normalized spacial score (nSPS) is 9.81. The molecule has 80 valence electrons. The van der Waals surface area contributed by atoms with Crippen molar-refractivity contribution in [1.82, 2.24) is 4.98 Å². The second-order valence-corrected chi connectivity index (χ2v) is 4.12. The number of nitrogens with one attached hydrogen (secondary N) is 1. The number of pyridine rings is 1. The fourth-order valence-corrected chi connectivity index (χ4v) is 1.67. The molecule has 0 bridgehead atoms. The summed E-state index contributed by atoms with van der Waals surface area (Å²) in [6.45, 7) is 0. The highest BCUT2D eigenvalue weighted by molar-refractivity contribution is 9.10. The molecule has 1 N–H and O–H groups in total. The zero-order valence-electron chi connectivity index (χ0n) is 8.35. The average Bonchev–Trinajstić information content (AvgIpc) is 2.30. The van der Waals surface area contributed by atoms with E-state index in [2.05, 4.69) is 26.2 Å². The number of carbonyl (C=O) groups is 1. The Balaban J connectivity index is 2.15. The zero-order chi connectivity index (χ0) is 11.4. The maximum atomic E-state index is 11.8. The fourth-order valence-electron chi connectivity index (χ4n) is 1.27.